The van der Waals surface area contributed by atoms with Gasteiger partial charge >= 0.3 is 0 Å². The zero-order chi connectivity index (χ0) is 18.5. The molecule has 2 aromatic rings. The number of nitrogens with one attached hydrogen (secondary N) is 1. The number of nitrogens with zero attached hydrogens (tertiary/aromatic N) is 4. The number of hydrogen-bond donors (Lipinski definition) is 1. The van der Waals surface area contributed by atoms with Crippen LogP contribution in [0.3, 0.4) is 0 Å². The highest BCUT2D eigenvalue weighted by Crippen LogP contribution is 2.09. The van der Waals surface area contributed by atoms with Crippen LogP contribution in [0.4, 0.5) is 5.82 Å². The lowest BCUT2D eigenvalue weighted by atomic mass is 10.1. The van der Waals surface area contributed by atoms with E-state index >= 15 is 0 Å². The van der Waals surface area contributed by atoms with Crippen molar-refractivity contribution in [2.24, 2.45) is 7.05 Å². The van der Waals surface area contributed by atoms with E-state index in [4.69, 9.17) is 4.74 Å². The smallest absolute Gasteiger partial charge is 0.293 e. The van der Waals surface area contributed by atoms with E-state index in [1.54, 1.807) is 30.5 Å². The van der Waals surface area contributed by atoms with Gasteiger partial charge in [0.2, 0.25) is 5.91 Å². The number of morpholine rings is 1. The van der Waals surface area contributed by atoms with Gasteiger partial charge in [0.05, 0.1) is 19.1 Å². The molecule has 1 aliphatic rings. The average Bonchev–Trinajstić information content (AvgIpc) is 2.65. The fourth-order valence-corrected chi connectivity index (χ4v) is 2.79. The Kier molecular flexibility index (Phi) is 5.62. The summed E-state index contributed by atoms with van der Waals surface area (Å²) >= 11 is 0. The number of carbonyl (C=O) groups excluding carboxylic acids is 1. The SMILES string of the molecule is Cc1ccc(CC(=O)N2CCO[C@H](CNc3nccn(C)c3=O)C2)cn1. The van der Waals surface area contributed by atoms with Crippen LogP contribution in [0.15, 0.2) is 35.5 Å². The highest BCUT2D eigenvalue weighted by atomic mass is 16.5. The zero-order valence-electron chi connectivity index (χ0n) is 15.0. The van der Waals surface area contributed by atoms with Gasteiger partial charge in [-0.1, -0.05) is 6.07 Å². The third kappa shape index (κ3) is 4.45. The molecule has 8 heteroatoms. The first-order valence-electron chi connectivity index (χ1n) is 8.59. The third-order valence-electron chi connectivity index (χ3n) is 4.33. The fourth-order valence-electron chi connectivity index (χ4n) is 2.79. The molecular formula is C18H23N5O3. The van der Waals surface area contributed by atoms with Gasteiger partial charge in [0.15, 0.2) is 5.82 Å². The van der Waals surface area contributed by atoms with E-state index in [2.05, 4.69) is 15.3 Å². The van der Waals surface area contributed by atoms with E-state index in [0.717, 1.165) is 11.3 Å². The lowest BCUT2D eigenvalue weighted by Gasteiger charge is -2.33. The Hall–Kier alpha value is -2.74. The predicted octanol–water partition coefficient (Wildman–Crippen LogP) is 0.366. The summed E-state index contributed by atoms with van der Waals surface area (Å²) < 4.78 is 7.17. The minimum atomic E-state index is -0.192. The molecule has 1 amide bonds. The van der Waals surface area contributed by atoms with Crippen molar-refractivity contribution in [3.05, 3.63) is 52.3 Å². The van der Waals surface area contributed by atoms with Gasteiger partial charge in [-0.15, -0.1) is 0 Å². The van der Waals surface area contributed by atoms with Crippen molar-refractivity contribution in [1.29, 1.82) is 0 Å². The number of pyridine rings is 1. The quantitative estimate of drug-likeness (QED) is 0.831. The summed E-state index contributed by atoms with van der Waals surface area (Å²) in [5.41, 5.74) is 1.64. The monoisotopic (exact) mass is 357 g/mol. The maximum Gasteiger partial charge on any atom is 0.293 e. The summed E-state index contributed by atoms with van der Waals surface area (Å²) in [5.74, 6) is 0.338. The van der Waals surface area contributed by atoms with E-state index in [1.807, 2.05) is 19.1 Å². The molecule has 0 radical (unpaired) electrons. The van der Waals surface area contributed by atoms with E-state index in [0.29, 0.717) is 32.7 Å². The largest absolute Gasteiger partial charge is 0.373 e. The van der Waals surface area contributed by atoms with Crippen LogP contribution in [0.1, 0.15) is 11.3 Å². The standard InChI is InChI=1S/C18H23N5O3/c1-13-3-4-14(10-20-13)9-16(24)23-7-8-26-15(12-23)11-21-17-18(25)22(2)6-5-19-17/h3-6,10,15H,7-9,11-12H2,1-2H3,(H,19,21)/t15-/m1/s1. The number of amides is 1. The van der Waals surface area contributed by atoms with Crippen LogP contribution >= 0.6 is 0 Å². The molecule has 8 nitrogen and oxygen atoms in total. The van der Waals surface area contributed by atoms with Crippen LogP contribution in [-0.4, -0.2) is 57.7 Å². The van der Waals surface area contributed by atoms with Crippen LogP contribution in [0.5, 0.6) is 0 Å². The van der Waals surface area contributed by atoms with E-state index < -0.39 is 0 Å². The molecule has 0 unspecified atom stereocenters. The molecule has 2 aromatic heterocycles. The number of rotatable bonds is 5. The highest BCUT2D eigenvalue weighted by Gasteiger charge is 2.24. The van der Waals surface area contributed by atoms with Gasteiger partial charge in [-0.05, 0) is 18.6 Å². The molecule has 26 heavy (non-hydrogen) atoms. The molecule has 0 aliphatic carbocycles. The second-order valence-electron chi connectivity index (χ2n) is 6.39. The van der Waals surface area contributed by atoms with Gasteiger partial charge in [0.1, 0.15) is 0 Å². The summed E-state index contributed by atoms with van der Waals surface area (Å²) in [6, 6.07) is 3.83. The van der Waals surface area contributed by atoms with E-state index in [9.17, 15) is 9.59 Å². The van der Waals surface area contributed by atoms with Gasteiger partial charge in [0.25, 0.3) is 5.56 Å². The second-order valence-corrected chi connectivity index (χ2v) is 6.39. The van der Waals surface area contributed by atoms with Crippen molar-refractivity contribution in [3.63, 3.8) is 0 Å². The van der Waals surface area contributed by atoms with Crippen LogP contribution in [-0.2, 0) is 23.0 Å². The topological polar surface area (TPSA) is 89.4 Å². The van der Waals surface area contributed by atoms with Gasteiger partial charge in [-0.2, -0.15) is 0 Å². The van der Waals surface area contributed by atoms with Gasteiger partial charge < -0.3 is 19.5 Å². The molecule has 1 atom stereocenters. The summed E-state index contributed by atoms with van der Waals surface area (Å²) in [5, 5.41) is 3.02. The molecule has 0 saturated carbocycles. The Balaban J connectivity index is 1.55. The lowest BCUT2D eigenvalue weighted by Crippen LogP contribution is -2.48. The molecule has 0 spiro atoms. The van der Waals surface area contributed by atoms with Crippen molar-refractivity contribution >= 4 is 11.7 Å². The molecule has 0 bridgehead atoms. The number of anilines is 1. The van der Waals surface area contributed by atoms with E-state index in [-0.39, 0.29) is 23.4 Å². The van der Waals surface area contributed by atoms with Crippen molar-refractivity contribution in [2.45, 2.75) is 19.4 Å². The fraction of sp³-hybridized carbons (Fsp3) is 0.444. The number of hydrogen-bond acceptors (Lipinski definition) is 6. The first kappa shape index (κ1) is 18.1. The highest BCUT2D eigenvalue weighted by molar-refractivity contribution is 5.78. The molecule has 3 heterocycles. The summed E-state index contributed by atoms with van der Waals surface area (Å²) in [6.07, 6.45) is 5.05. The van der Waals surface area contributed by atoms with Crippen LogP contribution in [0.25, 0.3) is 0 Å². The molecule has 0 aromatic carbocycles. The Morgan fingerprint density at radius 2 is 2.23 bits per heavy atom. The van der Waals surface area contributed by atoms with Crippen molar-refractivity contribution in [1.82, 2.24) is 19.4 Å². The molecule has 1 N–H and O–H groups in total. The van der Waals surface area contributed by atoms with E-state index in [1.165, 1.54) is 4.57 Å². The molecule has 3 rings (SSSR count). The Bertz CT molecular complexity index is 818. The maximum absolute atomic E-state index is 12.5. The number of aryl methyl sites for hydroxylation is 2. The van der Waals surface area contributed by atoms with Crippen molar-refractivity contribution in [3.8, 4) is 0 Å². The maximum atomic E-state index is 12.5. The molecule has 138 valence electrons. The van der Waals surface area contributed by atoms with Crippen LogP contribution in [0.2, 0.25) is 0 Å². The van der Waals surface area contributed by atoms with Gasteiger partial charge in [-0.25, -0.2) is 4.98 Å². The molecular weight excluding hydrogens is 334 g/mol. The van der Waals surface area contributed by atoms with Crippen molar-refractivity contribution in [2.75, 3.05) is 31.6 Å². The van der Waals surface area contributed by atoms with Gasteiger partial charge in [-0.3, -0.25) is 14.6 Å². The predicted molar refractivity (Wildman–Crippen MR) is 97.0 cm³/mol. The normalized spacial score (nSPS) is 17.2. The van der Waals surface area contributed by atoms with Crippen LogP contribution in [0, 0.1) is 6.92 Å². The number of ether oxygens (including phenoxy) is 1. The minimum absolute atomic E-state index is 0.0534. The lowest BCUT2D eigenvalue weighted by molar-refractivity contribution is -0.137. The molecule has 1 saturated heterocycles. The minimum Gasteiger partial charge on any atom is -0.373 e. The average molecular weight is 357 g/mol. The first-order valence-corrected chi connectivity index (χ1v) is 8.59. The second kappa shape index (κ2) is 8.09. The third-order valence-corrected chi connectivity index (χ3v) is 4.33. The number of aromatic nitrogens is 3. The molecule has 1 fully saturated rings. The number of carbonyl (C=O) groups is 1. The summed E-state index contributed by atoms with van der Waals surface area (Å²) in [6.45, 7) is 3.87. The summed E-state index contributed by atoms with van der Waals surface area (Å²) in [4.78, 5) is 34.6. The van der Waals surface area contributed by atoms with Crippen molar-refractivity contribution < 1.29 is 9.53 Å². The Labute approximate surface area is 151 Å². The first-order chi connectivity index (χ1) is 12.5. The van der Waals surface area contributed by atoms with Crippen LogP contribution < -0.4 is 10.9 Å². The van der Waals surface area contributed by atoms with Gasteiger partial charge in [0, 0.05) is 51.0 Å². The molecule has 1 aliphatic heterocycles. The Morgan fingerprint density at radius 1 is 1.38 bits per heavy atom. The Morgan fingerprint density at radius 3 is 3.00 bits per heavy atom. The summed E-state index contributed by atoms with van der Waals surface area (Å²) in [7, 11) is 1.67. The zero-order valence-corrected chi connectivity index (χ0v) is 15.0.